The number of benzene rings is 2. The number of urea groups is 1. The Balaban J connectivity index is 1.40. The summed E-state index contributed by atoms with van der Waals surface area (Å²) < 4.78 is 13.2. The van der Waals surface area contributed by atoms with Crippen molar-refractivity contribution >= 4 is 17.7 Å². The van der Waals surface area contributed by atoms with Crippen molar-refractivity contribution in [1.29, 1.82) is 0 Å². The molecule has 8 nitrogen and oxygen atoms in total. The number of imide groups is 1. The van der Waals surface area contributed by atoms with Gasteiger partial charge in [0.05, 0.1) is 6.54 Å². The normalized spacial score (nSPS) is 19.3. The van der Waals surface area contributed by atoms with Crippen molar-refractivity contribution in [3.05, 3.63) is 77.1 Å². The van der Waals surface area contributed by atoms with Gasteiger partial charge in [-0.05, 0) is 56.7 Å². The van der Waals surface area contributed by atoms with Gasteiger partial charge in [-0.3, -0.25) is 14.5 Å². The largest absolute Gasteiger partial charge is 0.486 e. The van der Waals surface area contributed by atoms with Crippen molar-refractivity contribution in [2.75, 3.05) is 19.8 Å². The second kappa shape index (κ2) is 8.06. The number of para-hydroxylation sites is 1. The molecule has 1 atom stereocenters. The van der Waals surface area contributed by atoms with E-state index in [4.69, 9.17) is 9.47 Å². The molecule has 0 bridgehead atoms. The summed E-state index contributed by atoms with van der Waals surface area (Å²) in [7, 11) is 0. The minimum Gasteiger partial charge on any atom is -0.486 e. The minimum absolute atomic E-state index is 0.301. The molecule has 0 spiro atoms. The zero-order valence-electron chi connectivity index (χ0n) is 19.3. The second-order valence-electron chi connectivity index (χ2n) is 8.68. The lowest BCUT2D eigenvalue weighted by molar-refractivity contribution is -0.130. The van der Waals surface area contributed by atoms with Crippen LogP contribution in [0.3, 0.4) is 0 Å². The summed E-state index contributed by atoms with van der Waals surface area (Å²) in [6.45, 7) is 5.94. The highest BCUT2D eigenvalue weighted by Crippen LogP contribution is 2.37. The molecule has 5 rings (SSSR count). The number of Topliss-reactive ketones (excluding diaryl/α,β-unsaturated/α-hetero) is 1. The fraction of sp³-hybridized carbons (Fsp3) is 0.269. The van der Waals surface area contributed by atoms with E-state index in [9.17, 15) is 14.4 Å². The van der Waals surface area contributed by atoms with Crippen LogP contribution in [0, 0.1) is 13.8 Å². The molecular formula is C26H25N3O5. The van der Waals surface area contributed by atoms with E-state index >= 15 is 0 Å². The SMILES string of the molecule is Cc1cc(C(=O)CN2C(=O)NC(C)(c3ccc4c(c3)OCCO4)C2=O)c(C)n1-c1ccccc1. The molecule has 1 saturated heterocycles. The summed E-state index contributed by atoms with van der Waals surface area (Å²) in [5.74, 6) is 0.329. The Labute approximate surface area is 197 Å². The van der Waals surface area contributed by atoms with Crippen LogP contribution in [0.2, 0.25) is 0 Å². The first-order valence-corrected chi connectivity index (χ1v) is 11.1. The average molecular weight is 460 g/mol. The molecule has 3 aromatic rings. The van der Waals surface area contributed by atoms with Crippen molar-refractivity contribution in [3.63, 3.8) is 0 Å². The van der Waals surface area contributed by atoms with Crippen LogP contribution >= 0.6 is 0 Å². The third-order valence-electron chi connectivity index (χ3n) is 6.44. The molecule has 0 aliphatic carbocycles. The lowest BCUT2D eigenvalue weighted by Gasteiger charge is -2.25. The topological polar surface area (TPSA) is 89.9 Å². The maximum absolute atomic E-state index is 13.4. The van der Waals surface area contributed by atoms with Gasteiger partial charge in [0.2, 0.25) is 0 Å². The summed E-state index contributed by atoms with van der Waals surface area (Å²) in [6.07, 6.45) is 0. The molecule has 1 N–H and O–H groups in total. The number of aryl methyl sites for hydroxylation is 1. The van der Waals surface area contributed by atoms with E-state index in [2.05, 4.69) is 5.32 Å². The number of carbonyl (C=O) groups excluding carboxylic acids is 3. The Hall–Kier alpha value is -4.07. The number of nitrogens with one attached hydrogen (secondary N) is 1. The molecule has 2 aliphatic rings. The number of nitrogens with zero attached hydrogens (tertiary/aromatic N) is 2. The predicted molar refractivity (Wildman–Crippen MR) is 125 cm³/mol. The summed E-state index contributed by atoms with van der Waals surface area (Å²) >= 11 is 0. The molecule has 8 heteroatoms. The van der Waals surface area contributed by atoms with Crippen molar-refractivity contribution < 1.29 is 23.9 Å². The van der Waals surface area contributed by atoms with Crippen LogP contribution in [-0.2, 0) is 10.3 Å². The van der Waals surface area contributed by atoms with Gasteiger partial charge in [0.1, 0.15) is 18.8 Å². The third kappa shape index (κ3) is 3.42. The number of hydrogen-bond donors (Lipinski definition) is 1. The lowest BCUT2D eigenvalue weighted by atomic mass is 9.91. The van der Waals surface area contributed by atoms with Gasteiger partial charge < -0.3 is 19.4 Å². The highest BCUT2D eigenvalue weighted by Gasteiger charge is 2.50. The van der Waals surface area contributed by atoms with Gasteiger partial charge in [-0.15, -0.1) is 0 Å². The Morgan fingerprint density at radius 3 is 2.44 bits per heavy atom. The van der Waals surface area contributed by atoms with Gasteiger partial charge in [0.25, 0.3) is 5.91 Å². The number of rotatable bonds is 5. The van der Waals surface area contributed by atoms with Crippen molar-refractivity contribution in [1.82, 2.24) is 14.8 Å². The number of ketones is 1. The predicted octanol–water partition coefficient (Wildman–Crippen LogP) is 3.52. The number of ether oxygens (including phenoxy) is 2. The van der Waals surface area contributed by atoms with Crippen LogP contribution in [0.25, 0.3) is 5.69 Å². The van der Waals surface area contributed by atoms with Gasteiger partial charge in [-0.1, -0.05) is 24.3 Å². The molecule has 0 saturated carbocycles. The molecule has 3 heterocycles. The van der Waals surface area contributed by atoms with Crippen LogP contribution in [0.15, 0.2) is 54.6 Å². The quantitative estimate of drug-likeness (QED) is 0.466. The molecular weight excluding hydrogens is 434 g/mol. The van der Waals surface area contributed by atoms with Crippen LogP contribution in [0.4, 0.5) is 4.79 Å². The van der Waals surface area contributed by atoms with E-state index < -0.39 is 17.5 Å². The molecule has 1 unspecified atom stereocenters. The number of aromatic nitrogens is 1. The van der Waals surface area contributed by atoms with Crippen molar-refractivity contribution in [2.24, 2.45) is 0 Å². The Morgan fingerprint density at radius 1 is 1.00 bits per heavy atom. The van der Waals surface area contributed by atoms with Crippen LogP contribution in [-0.4, -0.2) is 46.9 Å². The number of hydrogen-bond acceptors (Lipinski definition) is 5. The van der Waals surface area contributed by atoms with Crippen LogP contribution in [0.5, 0.6) is 11.5 Å². The zero-order chi connectivity index (χ0) is 24.0. The second-order valence-corrected chi connectivity index (χ2v) is 8.68. The Morgan fingerprint density at radius 2 is 1.71 bits per heavy atom. The van der Waals surface area contributed by atoms with E-state index in [1.165, 1.54) is 0 Å². The van der Waals surface area contributed by atoms with E-state index in [0.29, 0.717) is 35.8 Å². The summed E-state index contributed by atoms with van der Waals surface area (Å²) in [6, 6.07) is 16.1. The highest BCUT2D eigenvalue weighted by molar-refractivity contribution is 6.11. The molecule has 2 aliphatic heterocycles. The molecule has 34 heavy (non-hydrogen) atoms. The monoisotopic (exact) mass is 459 g/mol. The Kier molecular flexibility index (Phi) is 5.16. The summed E-state index contributed by atoms with van der Waals surface area (Å²) in [5.41, 5.74) is 2.33. The molecule has 2 aromatic carbocycles. The number of amides is 3. The first-order chi connectivity index (χ1) is 16.3. The first-order valence-electron chi connectivity index (χ1n) is 11.1. The minimum atomic E-state index is -1.31. The average Bonchev–Trinajstić information content (AvgIpc) is 3.26. The van der Waals surface area contributed by atoms with E-state index in [1.54, 1.807) is 31.2 Å². The number of fused-ring (bicyclic) bond motifs is 1. The molecule has 1 aromatic heterocycles. The third-order valence-corrected chi connectivity index (χ3v) is 6.44. The van der Waals surface area contributed by atoms with E-state index in [-0.39, 0.29) is 12.3 Å². The van der Waals surface area contributed by atoms with Gasteiger partial charge in [0.15, 0.2) is 17.3 Å². The van der Waals surface area contributed by atoms with E-state index in [1.807, 2.05) is 48.7 Å². The van der Waals surface area contributed by atoms with Crippen molar-refractivity contribution in [3.8, 4) is 17.2 Å². The summed E-state index contributed by atoms with van der Waals surface area (Å²) in [4.78, 5) is 40.4. The van der Waals surface area contributed by atoms with Crippen LogP contribution < -0.4 is 14.8 Å². The molecule has 1 fully saturated rings. The fourth-order valence-corrected chi connectivity index (χ4v) is 4.64. The zero-order valence-corrected chi connectivity index (χ0v) is 19.3. The lowest BCUT2D eigenvalue weighted by Crippen LogP contribution is -2.41. The molecule has 174 valence electrons. The summed E-state index contributed by atoms with van der Waals surface area (Å²) in [5, 5.41) is 2.75. The standard InChI is InChI=1S/C26H25N3O5/c1-16-13-20(17(2)29(16)19-7-5-4-6-8-19)21(30)15-28-24(31)26(3,27-25(28)32)18-9-10-22-23(14-18)34-12-11-33-22/h4-10,13-14H,11-12,15H2,1-3H3,(H,27,32). The molecule has 3 amide bonds. The van der Waals surface area contributed by atoms with Gasteiger partial charge >= 0.3 is 6.03 Å². The van der Waals surface area contributed by atoms with Gasteiger partial charge in [-0.25, -0.2) is 4.79 Å². The van der Waals surface area contributed by atoms with E-state index in [0.717, 1.165) is 22.0 Å². The smallest absolute Gasteiger partial charge is 0.325 e. The first kappa shape index (κ1) is 21.8. The fourth-order valence-electron chi connectivity index (χ4n) is 4.64. The maximum atomic E-state index is 13.4. The highest BCUT2D eigenvalue weighted by atomic mass is 16.6. The Bertz CT molecular complexity index is 1310. The van der Waals surface area contributed by atoms with Gasteiger partial charge in [0, 0.05) is 22.6 Å². The maximum Gasteiger partial charge on any atom is 0.325 e. The van der Waals surface area contributed by atoms with Crippen molar-refractivity contribution in [2.45, 2.75) is 26.3 Å². The molecule has 0 radical (unpaired) electrons. The van der Waals surface area contributed by atoms with Gasteiger partial charge in [-0.2, -0.15) is 0 Å². The van der Waals surface area contributed by atoms with Crippen LogP contribution in [0.1, 0.15) is 34.2 Å². The number of carbonyl (C=O) groups is 3.